The zero-order valence-corrected chi connectivity index (χ0v) is 8.27. The number of hydrogen-bond acceptors (Lipinski definition) is 4. The molecule has 2 N–H and O–H groups in total. The van der Waals surface area contributed by atoms with Gasteiger partial charge in [0, 0.05) is 12.1 Å². The molecule has 1 rings (SSSR count). The number of alkyl halides is 3. The van der Waals surface area contributed by atoms with Gasteiger partial charge in [-0.2, -0.15) is 13.2 Å². The summed E-state index contributed by atoms with van der Waals surface area (Å²) in [5, 5.41) is 10.3. The second-order valence-electron chi connectivity index (χ2n) is 3.19. The zero-order valence-electron chi connectivity index (χ0n) is 8.27. The fraction of sp³-hybridized carbons (Fsp3) is 0.222. The highest BCUT2D eigenvalue weighted by atomic mass is 19.4. The molecule has 5 nitrogen and oxygen atoms in total. The average Bonchev–Trinajstić information content (AvgIpc) is 2.26. The summed E-state index contributed by atoms with van der Waals surface area (Å²) in [5.74, 6) is -2.09. The molecule has 1 unspecified atom stereocenters. The van der Waals surface area contributed by atoms with Gasteiger partial charge in [-0.1, -0.05) is 12.1 Å². The maximum Gasteiger partial charge on any atom is 0.452 e. The fourth-order valence-electron chi connectivity index (χ4n) is 1.13. The summed E-state index contributed by atoms with van der Waals surface area (Å²) in [6, 6.07) is 2.15. The summed E-state index contributed by atoms with van der Waals surface area (Å²) in [7, 11) is 0. The number of nitro benzene ring substituents is 1. The maximum atomic E-state index is 12.1. The largest absolute Gasteiger partial charge is 0.452 e. The molecule has 8 heteroatoms. The first-order valence-corrected chi connectivity index (χ1v) is 4.34. The molecule has 0 saturated heterocycles. The number of nitro groups is 1. The van der Waals surface area contributed by atoms with Crippen LogP contribution in [0.15, 0.2) is 24.3 Å². The van der Waals surface area contributed by atoms with Crippen LogP contribution in [-0.4, -0.2) is 16.9 Å². The lowest BCUT2D eigenvalue weighted by molar-refractivity contribution is -0.384. The van der Waals surface area contributed by atoms with Gasteiger partial charge in [-0.25, -0.2) is 0 Å². The Bertz CT molecular complexity index is 442. The van der Waals surface area contributed by atoms with Crippen molar-refractivity contribution >= 4 is 11.5 Å². The Hall–Kier alpha value is -1.96. The second kappa shape index (κ2) is 4.50. The van der Waals surface area contributed by atoms with Crippen LogP contribution in [0.2, 0.25) is 0 Å². The van der Waals surface area contributed by atoms with Crippen LogP contribution in [0.4, 0.5) is 18.9 Å². The summed E-state index contributed by atoms with van der Waals surface area (Å²) >= 11 is 0. The van der Waals surface area contributed by atoms with Crippen molar-refractivity contribution in [2.24, 2.45) is 5.73 Å². The van der Waals surface area contributed by atoms with E-state index in [0.29, 0.717) is 0 Å². The fourth-order valence-corrected chi connectivity index (χ4v) is 1.13. The van der Waals surface area contributed by atoms with Crippen LogP contribution in [0.25, 0.3) is 0 Å². The Labute approximate surface area is 93.2 Å². The SMILES string of the molecule is NC(C(=O)C(F)(F)F)c1ccc([N+](=O)[O-])cc1. The van der Waals surface area contributed by atoms with E-state index >= 15 is 0 Å². The van der Waals surface area contributed by atoms with Crippen molar-refractivity contribution in [2.45, 2.75) is 12.2 Å². The molecule has 0 aliphatic rings. The average molecular weight is 248 g/mol. The first kappa shape index (κ1) is 13.1. The van der Waals surface area contributed by atoms with Crippen molar-refractivity contribution in [3.05, 3.63) is 39.9 Å². The van der Waals surface area contributed by atoms with Gasteiger partial charge in [0.25, 0.3) is 11.5 Å². The van der Waals surface area contributed by atoms with Crippen molar-refractivity contribution in [2.75, 3.05) is 0 Å². The van der Waals surface area contributed by atoms with E-state index in [1.165, 1.54) is 0 Å². The van der Waals surface area contributed by atoms with Gasteiger partial charge in [-0.15, -0.1) is 0 Å². The van der Waals surface area contributed by atoms with E-state index in [1.807, 2.05) is 0 Å². The molecule has 0 fully saturated rings. The van der Waals surface area contributed by atoms with E-state index < -0.39 is 22.9 Å². The molecule has 0 aromatic heterocycles. The topological polar surface area (TPSA) is 86.2 Å². The lowest BCUT2D eigenvalue weighted by Gasteiger charge is -2.12. The monoisotopic (exact) mass is 248 g/mol. The molecule has 0 amide bonds. The van der Waals surface area contributed by atoms with Gasteiger partial charge in [0.15, 0.2) is 0 Å². The number of non-ortho nitro benzene ring substituents is 1. The Kier molecular flexibility index (Phi) is 3.47. The van der Waals surface area contributed by atoms with E-state index in [2.05, 4.69) is 0 Å². The third-order valence-corrected chi connectivity index (χ3v) is 2.02. The number of nitrogens with two attached hydrogens (primary N) is 1. The van der Waals surface area contributed by atoms with Gasteiger partial charge in [0.2, 0.25) is 0 Å². The lowest BCUT2D eigenvalue weighted by Crippen LogP contribution is -2.33. The van der Waals surface area contributed by atoms with E-state index in [-0.39, 0.29) is 11.3 Å². The van der Waals surface area contributed by atoms with Gasteiger partial charge >= 0.3 is 6.18 Å². The number of Topliss-reactive ketones (excluding diaryl/α,β-unsaturated/α-hetero) is 1. The van der Waals surface area contributed by atoms with E-state index in [9.17, 15) is 28.1 Å². The van der Waals surface area contributed by atoms with Crippen molar-refractivity contribution in [1.29, 1.82) is 0 Å². The zero-order chi connectivity index (χ0) is 13.2. The van der Waals surface area contributed by atoms with Gasteiger partial charge in [0.05, 0.1) is 11.0 Å². The normalized spacial score (nSPS) is 13.2. The smallest absolute Gasteiger partial charge is 0.318 e. The van der Waals surface area contributed by atoms with Gasteiger partial charge in [0.1, 0.15) is 0 Å². The van der Waals surface area contributed by atoms with E-state index in [4.69, 9.17) is 5.73 Å². The van der Waals surface area contributed by atoms with E-state index in [1.54, 1.807) is 0 Å². The van der Waals surface area contributed by atoms with Crippen LogP contribution < -0.4 is 5.73 Å². The van der Waals surface area contributed by atoms with Crippen molar-refractivity contribution in [1.82, 2.24) is 0 Å². The second-order valence-corrected chi connectivity index (χ2v) is 3.19. The number of carbonyl (C=O) groups excluding carboxylic acids is 1. The highest BCUT2D eigenvalue weighted by Gasteiger charge is 2.42. The third-order valence-electron chi connectivity index (χ3n) is 2.02. The molecule has 0 spiro atoms. The number of benzene rings is 1. The summed E-state index contributed by atoms with van der Waals surface area (Å²) < 4.78 is 36.2. The number of rotatable bonds is 3. The minimum Gasteiger partial charge on any atom is -0.318 e. The van der Waals surface area contributed by atoms with Crippen LogP contribution in [0.1, 0.15) is 11.6 Å². The molecule has 0 heterocycles. The molecule has 1 atom stereocenters. The molecule has 17 heavy (non-hydrogen) atoms. The Balaban J connectivity index is 2.94. The summed E-state index contributed by atoms with van der Waals surface area (Å²) in [4.78, 5) is 20.4. The first-order valence-electron chi connectivity index (χ1n) is 4.34. The van der Waals surface area contributed by atoms with Crippen LogP contribution in [0.3, 0.4) is 0 Å². The van der Waals surface area contributed by atoms with Crippen LogP contribution in [0.5, 0.6) is 0 Å². The molecule has 0 aliphatic heterocycles. The Morgan fingerprint density at radius 2 is 1.76 bits per heavy atom. The van der Waals surface area contributed by atoms with Crippen molar-refractivity contribution in [3.63, 3.8) is 0 Å². The van der Waals surface area contributed by atoms with Crippen LogP contribution in [-0.2, 0) is 4.79 Å². The Morgan fingerprint density at radius 3 is 2.12 bits per heavy atom. The molecule has 0 radical (unpaired) electrons. The van der Waals surface area contributed by atoms with Crippen LogP contribution in [0, 0.1) is 10.1 Å². The molecule has 0 saturated carbocycles. The molecule has 0 aliphatic carbocycles. The maximum absolute atomic E-state index is 12.1. The highest BCUT2D eigenvalue weighted by Crippen LogP contribution is 2.25. The van der Waals surface area contributed by atoms with Gasteiger partial charge < -0.3 is 5.73 Å². The third kappa shape index (κ3) is 3.00. The molecule has 0 bridgehead atoms. The molecule has 1 aromatic carbocycles. The molecular weight excluding hydrogens is 241 g/mol. The quantitative estimate of drug-likeness (QED) is 0.651. The molecule has 1 aromatic rings. The Morgan fingerprint density at radius 1 is 1.29 bits per heavy atom. The molecular formula is C9H7F3N2O3. The lowest BCUT2D eigenvalue weighted by atomic mass is 10.0. The minimum absolute atomic E-state index is 0.127. The van der Waals surface area contributed by atoms with Gasteiger partial charge in [-0.05, 0) is 5.56 Å². The first-order chi connectivity index (χ1) is 7.73. The number of ketones is 1. The summed E-state index contributed by atoms with van der Waals surface area (Å²) in [6.45, 7) is 0. The summed E-state index contributed by atoms with van der Waals surface area (Å²) in [6.07, 6.45) is -5.03. The summed E-state index contributed by atoms with van der Waals surface area (Å²) in [5.41, 5.74) is 4.69. The number of carbonyl (C=O) groups is 1. The predicted octanol–water partition coefficient (Wildman–Crippen LogP) is 1.73. The van der Waals surface area contributed by atoms with E-state index in [0.717, 1.165) is 24.3 Å². The standard InChI is InChI=1S/C9H7F3N2O3/c10-9(11,12)8(15)7(13)5-1-3-6(4-2-5)14(16)17/h1-4,7H,13H2. The minimum atomic E-state index is -5.03. The number of hydrogen-bond donors (Lipinski definition) is 1. The van der Waals surface area contributed by atoms with Crippen molar-refractivity contribution in [3.8, 4) is 0 Å². The number of halogens is 3. The number of nitrogens with zero attached hydrogens (tertiary/aromatic N) is 1. The predicted molar refractivity (Wildman–Crippen MR) is 51.1 cm³/mol. The van der Waals surface area contributed by atoms with Crippen LogP contribution >= 0.6 is 0 Å². The highest BCUT2D eigenvalue weighted by molar-refractivity contribution is 5.89. The van der Waals surface area contributed by atoms with Gasteiger partial charge in [-0.3, -0.25) is 14.9 Å². The van der Waals surface area contributed by atoms with Crippen molar-refractivity contribution < 1.29 is 22.9 Å². The molecule has 92 valence electrons.